The molecule has 0 saturated heterocycles. The van der Waals surface area contributed by atoms with E-state index in [-0.39, 0.29) is 5.57 Å². The summed E-state index contributed by atoms with van der Waals surface area (Å²) < 4.78 is 0. The van der Waals surface area contributed by atoms with Gasteiger partial charge in [-0.05, 0) is 43.3 Å². The van der Waals surface area contributed by atoms with Crippen LogP contribution in [0.5, 0.6) is 0 Å². The van der Waals surface area contributed by atoms with Gasteiger partial charge >= 0.3 is 0 Å². The number of nitrogens with one attached hydrogen (secondary N) is 1. The van der Waals surface area contributed by atoms with Crippen LogP contribution in [0, 0.1) is 0 Å². The Morgan fingerprint density at radius 3 is 2.13 bits per heavy atom. The van der Waals surface area contributed by atoms with Crippen LogP contribution in [-0.2, 0) is 9.59 Å². The van der Waals surface area contributed by atoms with Crippen molar-refractivity contribution < 1.29 is 14.4 Å². The van der Waals surface area contributed by atoms with E-state index in [2.05, 4.69) is 5.32 Å². The van der Waals surface area contributed by atoms with Crippen molar-refractivity contribution in [2.45, 2.75) is 6.92 Å². The summed E-state index contributed by atoms with van der Waals surface area (Å²) in [5.74, 6) is -1.54. The Morgan fingerprint density at radius 2 is 1.57 bits per heavy atom. The van der Waals surface area contributed by atoms with Gasteiger partial charge in [-0.2, -0.15) is 0 Å². The number of rotatable bonds is 5. The van der Waals surface area contributed by atoms with Gasteiger partial charge in [0, 0.05) is 22.3 Å². The van der Waals surface area contributed by atoms with Gasteiger partial charge in [0.2, 0.25) is 0 Å². The highest BCUT2D eigenvalue weighted by atomic mass is 35.5. The second-order valence-electron chi connectivity index (χ2n) is 4.81. The number of anilines is 1. The normalized spacial score (nSPS) is 11.0. The SMILES string of the molecule is CC(=O)/C(=C\C(=O)c1ccc(Cl)cc1)C(=O)Nc1ccccc1. The Bertz CT molecular complexity index is 765. The lowest BCUT2D eigenvalue weighted by Crippen LogP contribution is -2.20. The van der Waals surface area contributed by atoms with Crippen molar-refractivity contribution in [1.82, 2.24) is 0 Å². The average molecular weight is 328 g/mol. The summed E-state index contributed by atoms with van der Waals surface area (Å²) in [7, 11) is 0. The minimum absolute atomic E-state index is 0.200. The maximum absolute atomic E-state index is 12.2. The van der Waals surface area contributed by atoms with E-state index in [9.17, 15) is 14.4 Å². The zero-order valence-electron chi connectivity index (χ0n) is 12.4. The minimum Gasteiger partial charge on any atom is -0.322 e. The quantitative estimate of drug-likeness (QED) is 0.394. The Kier molecular flexibility index (Phi) is 5.44. The van der Waals surface area contributed by atoms with E-state index < -0.39 is 17.5 Å². The molecule has 0 aliphatic heterocycles. The third kappa shape index (κ3) is 4.63. The van der Waals surface area contributed by atoms with Gasteiger partial charge in [0.05, 0.1) is 5.57 Å². The highest BCUT2D eigenvalue weighted by Crippen LogP contribution is 2.13. The lowest BCUT2D eigenvalue weighted by Gasteiger charge is -2.06. The third-order valence-corrected chi connectivity index (χ3v) is 3.31. The third-order valence-electron chi connectivity index (χ3n) is 3.06. The monoisotopic (exact) mass is 327 g/mol. The molecule has 5 heteroatoms. The van der Waals surface area contributed by atoms with Crippen molar-refractivity contribution in [2.24, 2.45) is 0 Å². The number of ketones is 2. The minimum atomic E-state index is -0.619. The molecule has 0 unspecified atom stereocenters. The molecule has 2 aromatic carbocycles. The van der Waals surface area contributed by atoms with Gasteiger partial charge < -0.3 is 5.32 Å². The molecule has 0 aliphatic carbocycles. The Balaban J connectivity index is 2.23. The molecule has 0 bridgehead atoms. The summed E-state index contributed by atoms with van der Waals surface area (Å²) in [5.41, 5.74) is 0.693. The molecule has 2 rings (SSSR count). The van der Waals surface area contributed by atoms with Crippen molar-refractivity contribution in [3.05, 3.63) is 76.8 Å². The number of hydrogen-bond donors (Lipinski definition) is 1. The van der Waals surface area contributed by atoms with Gasteiger partial charge in [0.15, 0.2) is 11.6 Å². The number of para-hydroxylation sites is 1. The number of carbonyl (C=O) groups excluding carboxylic acids is 3. The van der Waals surface area contributed by atoms with Crippen molar-refractivity contribution >= 4 is 34.8 Å². The zero-order chi connectivity index (χ0) is 16.8. The smallest absolute Gasteiger partial charge is 0.259 e. The summed E-state index contributed by atoms with van der Waals surface area (Å²) in [5, 5.41) is 3.09. The van der Waals surface area contributed by atoms with Crippen molar-refractivity contribution in [3.8, 4) is 0 Å². The molecule has 0 fully saturated rings. The van der Waals surface area contributed by atoms with Crippen LogP contribution in [0.15, 0.2) is 66.2 Å². The highest BCUT2D eigenvalue weighted by molar-refractivity contribution is 6.31. The first-order valence-corrected chi connectivity index (χ1v) is 7.24. The summed E-state index contributed by atoms with van der Waals surface area (Å²) in [6.07, 6.45) is 1.05. The molecule has 0 radical (unpaired) electrons. The molecule has 0 aliphatic rings. The fourth-order valence-electron chi connectivity index (χ4n) is 1.88. The Labute approximate surface area is 138 Å². The van der Waals surface area contributed by atoms with E-state index in [1.165, 1.54) is 19.1 Å². The van der Waals surface area contributed by atoms with E-state index in [0.717, 1.165) is 6.08 Å². The second kappa shape index (κ2) is 7.51. The molecule has 116 valence electrons. The molecule has 2 aromatic rings. The fraction of sp³-hybridized carbons (Fsp3) is 0.0556. The molecule has 0 heterocycles. The fourth-order valence-corrected chi connectivity index (χ4v) is 2.00. The van der Waals surface area contributed by atoms with Gasteiger partial charge in [-0.15, -0.1) is 0 Å². The van der Waals surface area contributed by atoms with E-state index in [0.29, 0.717) is 16.3 Å². The average Bonchev–Trinajstić information content (AvgIpc) is 2.53. The van der Waals surface area contributed by atoms with Crippen molar-refractivity contribution in [1.29, 1.82) is 0 Å². The molecule has 4 nitrogen and oxygen atoms in total. The maximum atomic E-state index is 12.2. The summed E-state index contributed by atoms with van der Waals surface area (Å²) in [4.78, 5) is 36.1. The van der Waals surface area contributed by atoms with Crippen molar-refractivity contribution in [3.63, 3.8) is 0 Å². The van der Waals surface area contributed by atoms with Gasteiger partial charge in [-0.1, -0.05) is 29.8 Å². The van der Waals surface area contributed by atoms with Crippen molar-refractivity contribution in [2.75, 3.05) is 5.32 Å². The largest absolute Gasteiger partial charge is 0.322 e. The maximum Gasteiger partial charge on any atom is 0.259 e. The van der Waals surface area contributed by atoms with Crippen LogP contribution in [0.4, 0.5) is 5.69 Å². The van der Waals surface area contributed by atoms with Crippen LogP contribution in [-0.4, -0.2) is 17.5 Å². The van der Waals surface area contributed by atoms with E-state index >= 15 is 0 Å². The van der Waals surface area contributed by atoms with Crippen LogP contribution in [0.2, 0.25) is 5.02 Å². The first kappa shape index (κ1) is 16.6. The van der Waals surface area contributed by atoms with Gasteiger partial charge in [-0.25, -0.2) is 0 Å². The number of allylic oxidation sites excluding steroid dienone is 1. The molecular weight excluding hydrogens is 314 g/mol. The van der Waals surface area contributed by atoms with Crippen LogP contribution in [0.3, 0.4) is 0 Å². The lowest BCUT2D eigenvalue weighted by molar-refractivity contribution is -0.118. The summed E-state index contributed by atoms with van der Waals surface area (Å²) in [6.45, 7) is 1.24. The predicted molar refractivity (Wildman–Crippen MR) is 89.6 cm³/mol. The van der Waals surface area contributed by atoms with Gasteiger partial charge in [0.25, 0.3) is 5.91 Å². The lowest BCUT2D eigenvalue weighted by atomic mass is 10.1. The first-order valence-electron chi connectivity index (χ1n) is 6.86. The molecule has 0 saturated carbocycles. The molecule has 1 amide bonds. The highest BCUT2D eigenvalue weighted by Gasteiger charge is 2.17. The number of benzene rings is 2. The number of carbonyl (C=O) groups is 3. The predicted octanol–water partition coefficient (Wildman–Crippen LogP) is 3.68. The van der Waals surface area contributed by atoms with Crippen LogP contribution < -0.4 is 5.32 Å². The van der Waals surface area contributed by atoms with Gasteiger partial charge in [-0.3, -0.25) is 14.4 Å². The topological polar surface area (TPSA) is 63.2 Å². The zero-order valence-corrected chi connectivity index (χ0v) is 13.1. The van der Waals surface area contributed by atoms with Crippen LogP contribution in [0.25, 0.3) is 0 Å². The number of hydrogen-bond acceptors (Lipinski definition) is 3. The standard InChI is InChI=1S/C18H14ClNO3/c1-12(21)16(18(23)20-15-5-3-2-4-6-15)11-17(22)13-7-9-14(19)10-8-13/h2-11H,1H3,(H,20,23)/b16-11+. The molecule has 1 N–H and O–H groups in total. The van der Waals surface area contributed by atoms with E-state index in [4.69, 9.17) is 11.6 Å². The molecular formula is C18H14ClNO3. The molecule has 0 aromatic heterocycles. The summed E-state index contributed by atoms with van der Waals surface area (Å²) >= 11 is 5.77. The summed E-state index contributed by atoms with van der Waals surface area (Å²) in [6, 6.07) is 14.9. The Hall–Kier alpha value is -2.72. The van der Waals surface area contributed by atoms with Crippen LogP contribution >= 0.6 is 11.6 Å². The van der Waals surface area contributed by atoms with E-state index in [1.54, 1.807) is 42.5 Å². The van der Waals surface area contributed by atoms with E-state index in [1.807, 2.05) is 0 Å². The number of amides is 1. The number of Topliss-reactive ketones (excluding diaryl/α,β-unsaturated/α-hetero) is 1. The second-order valence-corrected chi connectivity index (χ2v) is 5.24. The van der Waals surface area contributed by atoms with Gasteiger partial charge in [0.1, 0.15) is 0 Å². The molecule has 0 spiro atoms. The molecule has 23 heavy (non-hydrogen) atoms. The Morgan fingerprint density at radius 1 is 0.957 bits per heavy atom. The molecule has 0 atom stereocenters. The number of halogens is 1. The first-order chi connectivity index (χ1) is 11.0. The van der Waals surface area contributed by atoms with Crippen LogP contribution in [0.1, 0.15) is 17.3 Å².